The minimum absolute atomic E-state index is 0.100. The number of Topliss-reactive ketones (excluding diaryl/α,β-unsaturated/α-hetero) is 1. The second-order valence-corrected chi connectivity index (χ2v) is 3.90. The van der Waals surface area contributed by atoms with Gasteiger partial charge in [-0.15, -0.1) is 0 Å². The van der Waals surface area contributed by atoms with Crippen LogP contribution in [-0.4, -0.2) is 68.6 Å². The number of rotatable bonds is 5. The number of carbonyl (C=O) groups excluding carboxylic acids is 1. The second kappa shape index (κ2) is 6.11. The standard InChI is InChI=1S/C10H20N2O2/c1-10(13)9-14-8-7-12-5-3-11(2)4-6-12/h3-9H2,1-2H3. The van der Waals surface area contributed by atoms with Crippen LogP contribution in [0.3, 0.4) is 0 Å². The number of hydrogen-bond acceptors (Lipinski definition) is 4. The van der Waals surface area contributed by atoms with E-state index < -0.39 is 0 Å². The maximum absolute atomic E-state index is 10.6. The number of hydrogen-bond donors (Lipinski definition) is 0. The highest BCUT2D eigenvalue weighted by atomic mass is 16.5. The highest BCUT2D eigenvalue weighted by Crippen LogP contribution is 1.98. The van der Waals surface area contributed by atoms with E-state index >= 15 is 0 Å². The summed E-state index contributed by atoms with van der Waals surface area (Å²) in [6.07, 6.45) is 0. The smallest absolute Gasteiger partial charge is 0.155 e. The predicted molar refractivity (Wildman–Crippen MR) is 55.4 cm³/mol. The zero-order valence-electron chi connectivity index (χ0n) is 9.16. The average molecular weight is 200 g/mol. The molecule has 0 atom stereocenters. The van der Waals surface area contributed by atoms with Crippen LogP contribution in [0.25, 0.3) is 0 Å². The van der Waals surface area contributed by atoms with Gasteiger partial charge in [0.05, 0.1) is 6.61 Å². The monoisotopic (exact) mass is 200 g/mol. The first kappa shape index (κ1) is 11.6. The Morgan fingerprint density at radius 3 is 2.50 bits per heavy atom. The largest absolute Gasteiger partial charge is 0.372 e. The molecule has 1 heterocycles. The molecule has 0 bridgehead atoms. The fraction of sp³-hybridized carbons (Fsp3) is 0.900. The van der Waals surface area contributed by atoms with Crippen LogP contribution in [0.1, 0.15) is 6.92 Å². The van der Waals surface area contributed by atoms with E-state index in [1.807, 2.05) is 0 Å². The molecule has 82 valence electrons. The molecule has 0 N–H and O–H groups in total. The molecular weight excluding hydrogens is 180 g/mol. The van der Waals surface area contributed by atoms with Crippen LogP contribution >= 0.6 is 0 Å². The van der Waals surface area contributed by atoms with Crippen molar-refractivity contribution in [2.75, 3.05) is 53.0 Å². The van der Waals surface area contributed by atoms with E-state index in [0.29, 0.717) is 6.61 Å². The van der Waals surface area contributed by atoms with Crippen LogP contribution in [0.15, 0.2) is 0 Å². The van der Waals surface area contributed by atoms with Crippen LogP contribution in [0, 0.1) is 0 Å². The summed E-state index contributed by atoms with van der Waals surface area (Å²) in [5.41, 5.74) is 0. The highest BCUT2D eigenvalue weighted by Gasteiger charge is 2.12. The summed E-state index contributed by atoms with van der Waals surface area (Å²) in [5.74, 6) is 0.100. The van der Waals surface area contributed by atoms with Crippen molar-refractivity contribution in [3.63, 3.8) is 0 Å². The van der Waals surface area contributed by atoms with Gasteiger partial charge >= 0.3 is 0 Å². The number of ether oxygens (including phenoxy) is 1. The van der Waals surface area contributed by atoms with Gasteiger partial charge < -0.3 is 9.64 Å². The molecule has 0 aromatic carbocycles. The number of nitrogens with zero attached hydrogens (tertiary/aromatic N) is 2. The third-order valence-electron chi connectivity index (χ3n) is 2.45. The van der Waals surface area contributed by atoms with Crippen LogP contribution in [0.5, 0.6) is 0 Å². The zero-order chi connectivity index (χ0) is 10.4. The van der Waals surface area contributed by atoms with E-state index in [1.165, 1.54) is 0 Å². The summed E-state index contributed by atoms with van der Waals surface area (Å²) in [7, 11) is 2.14. The van der Waals surface area contributed by atoms with Gasteiger partial charge in [-0.3, -0.25) is 9.69 Å². The highest BCUT2D eigenvalue weighted by molar-refractivity contribution is 5.76. The molecule has 1 aliphatic rings. The number of piperazine rings is 1. The van der Waals surface area contributed by atoms with Gasteiger partial charge in [0.2, 0.25) is 0 Å². The molecule has 0 unspecified atom stereocenters. The second-order valence-electron chi connectivity index (χ2n) is 3.90. The molecule has 1 fully saturated rings. The Morgan fingerprint density at radius 2 is 1.93 bits per heavy atom. The predicted octanol–water partition coefficient (Wildman–Crippen LogP) is -0.161. The Bertz CT molecular complexity index is 177. The molecule has 0 aromatic heterocycles. The summed E-state index contributed by atoms with van der Waals surface area (Å²) in [6.45, 7) is 7.91. The topological polar surface area (TPSA) is 32.8 Å². The molecule has 0 aliphatic carbocycles. The van der Waals surface area contributed by atoms with Gasteiger partial charge in [0.25, 0.3) is 0 Å². The van der Waals surface area contributed by atoms with E-state index in [2.05, 4.69) is 16.8 Å². The average Bonchev–Trinajstić information content (AvgIpc) is 2.15. The summed E-state index contributed by atoms with van der Waals surface area (Å²) in [4.78, 5) is 15.3. The van der Waals surface area contributed by atoms with Crippen LogP contribution < -0.4 is 0 Å². The molecule has 1 saturated heterocycles. The normalized spacial score (nSPS) is 19.9. The molecular formula is C10H20N2O2. The molecule has 14 heavy (non-hydrogen) atoms. The molecule has 0 saturated carbocycles. The third kappa shape index (κ3) is 4.69. The zero-order valence-corrected chi connectivity index (χ0v) is 9.16. The van der Waals surface area contributed by atoms with E-state index in [1.54, 1.807) is 6.92 Å². The first-order valence-electron chi connectivity index (χ1n) is 5.16. The molecule has 0 amide bonds. The third-order valence-corrected chi connectivity index (χ3v) is 2.45. The van der Waals surface area contributed by atoms with Gasteiger partial charge in [0.1, 0.15) is 6.61 Å². The van der Waals surface area contributed by atoms with Gasteiger partial charge in [0, 0.05) is 32.7 Å². The van der Waals surface area contributed by atoms with Crippen molar-refractivity contribution in [3.05, 3.63) is 0 Å². The Morgan fingerprint density at radius 1 is 1.29 bits per heavy atom. The fourth-order valence-electron chi connectivity index (χ4n) is 1.48. The molecule has 0 radical (unpaired) electrons. The van der Waals surface area contributed by atoms with Crippen LogP contribution in [0.2, 0.25) is 0 Å². The van der Waals surface area contributed by atoms with E-state index in [-0.39, 0.29) is 12.4 Å². The lowest BCUT2D eigenvalue weighted by molar-refractivity contribution is -0.121. The maximum atomic E-state index is 10.6. The first-order valence-corrected chi connectivity index (χ1v) is 5.16. The van der Waals surface area contributed by atoms with Gasteiger partial charge in [-0.25, -0.2) is 0 Å². The number of likely N-dealkylation sites (N-methyl/N-ethyl adjacent to an activating group) is 1. The SMILES string of the molecule is CC(=O)COCCN1CCN(C)CC1. The molecule has 0 spiro atoms. The minimum Gasteiger partial charge on any atom is -0.372 e. The van der Waals surface area contributed by atoms with Crippen LogP contribution in [0.4, 0.5) is 0 Å². The summed E-state index contributed by atoms with van der Waals surface area (Å²) in [5, 5.41) is 0. The molecule has 1 aliphatic heterocycles. The van der Waals surface area contributed by atoms with Gasteiger partial charge in [-0.05, 0) is 14.0 Å². The Hall–Kier alpha value is -0.450. The van der Waals surface area contributed by atoms with Crippen molar-refractivity contribution in [2.24, 2.45) is 0 Å². The Kier molecular flexibility index (Phi) is 5.07. The first-order chi connectivity index (χ1) is 6.68. The fourth-order valence-corrected chi connectivity index (χ4v) is 1.48. The summed E-state index contributed by atoms with van der Waals surface area (Å²) in [6, 6.07) is 0. The lowest BCUT2D eigenvalue weighted by Crippen LogP contribution is -2.45. The lowest BCUT2D eigenvalue weighted by atomic mass is 10.3. The van der Waals surface area contributed by atoms with Crippen molar-refractivity contribution in [3.8, 4) is 0 Å². The number of carbonyl (C=O) groups is 1. The van der Waals surface area contributed by atoms with E-state index in [9.17, 15) is 4.79 Å². The van der Waals surface area contributed by atoms with Crippen molar-refractivity contribution in [1.82, 2.24) is 9.80 Å². The quantitative estimate of drug-likeness (QED) is 0.577. The Balaban J connectivity index is 1.99. The van der Waals surface area contributed by atoms with Gasteiger partial charge in [-0.1, -0.05) is 0 Å². The number of ketones is 1. The van der Waals surface area contributed by atoms with Crippen molar-refractivity contribution >= 4 is 5.78 Å². The molecule has 4 heteroatoms. The van der Waals surface area contributed by atoms with Crippen LogP contribution in [-0.2, 0) is 9.53 Å². The van der Waals surface area contributed by atoms with Gasteiger partial charge in [0.15, 0.2) is 5.78 Å². The van der Waals surface area contributed by atoms with Crippen molar-refractivity contribution in [1.29, 1.82) is 0 Å². The van der Waals surface area contributed by atoms with E-state index in [4.69, 9.17) is 4.74 Å². The van der Waals surface area contributed by atoms with Crippen molar-refractivity contribution in [2.45, 2.75) is 6.92 Å². The van der Waals surface area contributed by atoms with Gasteiger partial charge in [-0.2, -0.15) is 0 Å². The van der Waals surface area contributed by atoms with E-state index in [0.717, 1.165) is 32.7 Å². The molecule has 4 nitrogen and oxygen atoms in total. The molecule has 1 rings (SSSR count). The lowest BCUT2D eigenvalue weighted by Gasteiger charge is -2.32. The van der Waals surface area contributed by atoms with Crippen molar-refractivity contribution < 1.29 is 9.53 Å². The Labute approximate surface area is 85.8 Å². The summed E-state index contributed by atoms with van der Waals surface area (Å²) >= 11 is 0. The minimum atomic E-state index is 0.100. The summed E-state index contributed by atoms with van der Waals surface area (Å²) < 4.78 is 5.22. The molecule has 0 aromatic rings. The maximum Gasteiger partial charge on any atom is 0.155 e.